The van der Waals surface area contributed by atoms with E-state index >= 15 is 0 Å². The van der Waals surface area contributed by atoms with E-state index in [1.54, 1.807) is 6.20 Å². The maximum Gasteiger partial charge on any atom is 0.230 e. The van der Waals surface area contributed by atoms with Crippen molar-refractivity contribution in [3.05, 3.63) is 24.4 Å². The van der Waals surface area contributed by atoms with E-state index in [9.17, 15) is 4.79 Å². The number of rotatable bonds is 3. The fourth-order valence-corrected chi connectivity index (χ4v) is 2.93. The van der Waals surface area contributed by atoms with Crippen LogP contribution in [0, 0.1) is 5.41 Å². The highest BCUT2D eigenvalue weighted by atomic mass is 16.2. The van der Waals surface area contributed by atoms with Crippen LogP contribution in [-0.2, 0) is 4.79 Å². The van der Waals surface area contributed by atoms with Gasteiger partial charge in [0.15, 0.2) is 0 Å². The number of nitrogens with zero attached hydrogens (tertiary/aromatic N) is 1. The first-order valence-electron chi connectivity index (χ1n) is 7.19. The molecule has 2 heterocycles. The molecule has 0 atom stereocenters. The van der Waals surface area contributed by atoms with Crippen LogP contribution in [0.5, 0.6) is 0 Å². The van der Waals surface area contributed by atoms with Crippen LogP contribution >= 0.6 is 0 Å². The lowest BCUT2D eigenvalue weighted by atomic mass is 9.76. The van der Waals surface area contributed by atoms with Crippen molar-refractivity contribution in [2.24, 2.45) is 5.41 Å². The summed E-state index contributed by atoms with van der Waals surface area (Å²) in [5.74, 6) is 0.143. The van der Waals surface area contributed by atoms with E-state index in [0.29, 0.717) is 0 Å². The molecule has 0 aliphatic carbocycles. The number of carbonyl (C=O) groups is 1. The third-order valence-electron chi connectivity index (χ3n) is 4.42. The summed E-state index contributed by atoms with van der Waals surface area (Å²) >= 11 is 0. The lowest BCUT2D eigenvalue weighted by molar-refractivity contribution is -0.127. The molecule has 1 aromatic carbocycles. The predicted octanol–water partition coefficient (Wildman–Crippen LogP) is 2.28. The average Bonchev–Trinajstić information content (AvgIpc) is 2.95. The highest BCUT2D eigenvalue weighted by molar-refractivity contribution is 5.97. The lowest BCUT2D eigenvalue weighted by Crippen LogP contribution is -2.44. The summed E-state index contributed by atoms with van der Waals surface area (Å²) in [7, 11) is 0. The highest BCUT2D eigenvalue weighted by Crippen LogP contribution is 2.34. The van der Waals surface area contributed by atoms with Gasteiger partial charge >= 0.3 is 0 Å². The van der Waals surface area contributed by atoms with Crippen molar-refractivity contribution in [2.75, 3.05) is 18.4 Å². The first-order valence-corrected chi connectivity index (χ1v) is 7.19. The maximum atomic E-state index is 12.6. The molecule has 1 aromatic heterocycles. The fraction of sp³-hybridized carbons (Fsp3) is 0.467. The molecule has 0 saturated carbocycles. The molecule has 1 aliphatic rings. The SMILES string of the molecule is CCC1(C(=O)Nc2ccc3[nH]ncc3c2)CCNCC1. The van der Waals surface area contributed by atoms with E-state index in [1.165, 1.54) is 0 Å². The van der Waals surface area contributed by atoms with Gasteiger partial charge in [0.2, 0.25) is 5.91 Å². The van der Waals surface area contributed by atoms with Gasteiger partial charge in [-0.05, 0) is 50.6 Å². The third kappa shape index (κ3) is 2.29. The molecule has 3 N–H and O–H groups in total. The summed E-state index contributed by atoms with van der Waals surface area (Å²) in [6.07, 6.45) is 4.46. The standard InChI is InChI=1S/C15H20N4O/c1-2-15(5-7-16-8-6-15)14(20)18-12-3-4-13-11(9-12)10-17-19-13/h3-4,9-10,16H,2,5-8H2,1H3,(H,17,19)(H,18,20). The monoisotopic (exact) mass is 272 g/mol. The van der Waals surface area contributed by atoms with Crippen LogP contribution in [0.15, 0.2) is 24.4 Å². The number of hydrogen-bond donors (Lipinski definition) is 3. The zero-order valence-electron chi connectivity index (χ0n) is 11.7. The van der Waals surface area contributed by atoms with Crippen LogP contribution in [0.3, 0.4) is 0 Å². The lowest BCUT2D eigenvalue weighted by Gasteiger charge is -2.35. The molecule has 3 rings (SSSR count). The Bertz CT molecular complexity index is 613. The Kier molecular flexibility index (Phi) is 3.44. The Labute approximate surface area is 118 Å². The van der Waals surface area contributed by atoms with E-state index in [4.69, 9.17) is 0 Å². The number of fused-ring (bicyclic) bond motifs is 1. The van der Waals surface area contributed by atoms with Gasteiger partial charge in [0, 0.05) is 11.1 Å². The summed E-state index contributed by atoms with van der Waals surface area (Å²) in [6.45, 7) is 3.94. The number of anilines is 1. The number of hydrogen-bond acceptors (Lipinski definition) is 3. The summed E-state index contributed by atoms with van der Waals surface area (Å²) in [6, 6.07) is 5.82. The van der Waals surface area contributed by atoms with Crippen LogP contribution in [0.1, 0.15) is 26.2 Å². The molecular formula is C15H20N4O. The Morgan fingerprint density at radius 2 is 2.20 bits per heavy atom. The first kappa shape index (κ1) is 13.1. The van der Waals surface area contributed by atoms with E-state index in [0.717, 1.165) is 48.9 Å². The number of amides is 1. The second-order valence-electron chi connectivity index (χ2n) is 5.51. The maximum absolute atomic E-state index is 12.6. The molecule has 2 aromatic rings. The zero-order chi connectivity index (χ0) is 14.0. The van der Waals surface area contributed by atoms with E-state index in [-0.39, 0.29) is 11.3 Å². The molecule has 0 unspecified atom stereocenters. The molecule has 0 radical (unpaired) electrons. The van der Waals surface area contributed by atoms with Gasteiger partial charge in [-0.1, -0.05) is 6.92 Å². The third-order valence-corrected chi connectivity index (χ3v) is 4.42. The number of benzene rings is 1. The number of carbonyl (C=O) groups excluding carboxylic acids is 1. The fourth-order valence-electron chi connectivity index (χ4n) is 2.93. The molecule has 1 amide bonds. The Hall–Kier alpha value is -1.88. The number of piperidine rings is 1. The Morgan fingerprint density at radius 3 is 2.95 bits per heavy atom. The largest absolute Gasteiger partial charge is 0.326 e. The number of H-pyrrole nitrogens is 1. The van der Waals surface area contributed by atoms with E-state index in [2.05, 4.69) is 27.8 Å². The quantitative estimate of drug-likeness (QED) is 0.803. The van der Waals surface area contributed by atoms with Crippen molar-refractivity contribution in [1.82, 2.24) is 15.5 Å². The van der Waals surface area contributed by atoms with E-state index in [1.807, 2.05) is 18.2 Å². The second kappa shape index (κ2) is 5.25. The van der Waals surface area contributed by atoms with Crippen molar-refractivity contribution in [3.63, 3.8) is 0 Å². The van der Waals surface area contributed by atoms with Crippen LogP contribution in [0.4, 0.5) is 5.69 Å². The van der Waals surface area contributed by atoms with Gasteiger partial charge in [0.05, 0.1) is 17.1 Å². The predicted molar refractivity (Wildman–Crippen MR) is 79.6 cm³/mol. The van der Waals surface area contributed by atoms with Gasteiger partial charge < -0.3 is 10.6 Å². The zero-order valence-corrected chi connectivity index (χ0v) is 11.7. The molecule has 0 spiro atoms. The minimum atomic E-state index is -0.226. The topological polar surface area (TPSA) is 69.8 Å². The number of aromatic amines is 1. The smallest absolute Gasteiger partial charge is 0.230 e. The van der Waals surface area contributed by atoms with Gasteiger partial charge in [0.25, 0.3) is 0 Å². The molecule has 5 nitrogen and oxygen atoms in total. The molecule has 1 saturated heterocycles. The van der Waals surface area contributed by atoms with Crippen molar-refractivity contribution in [1.29, 1.82) is 0 Å². The highest BCUT2D eigenvalue weighted by Gasteiger charge is 2.37. The average molecular weight is 272 g/mol. The first-order chi connectivity index (χ1) is 9.73. The molecular weight excluding hydrogens is 252 g/mol. The van der Waals surface area contributed by atoms with E-state index < -0.39 is 0 Å². The van der Waals surface area contributed by atoms with Gasteiger partial charge in [-0.2, -0.15) is 5.10 Å². The molecule has 20 heavy (non-hydrogen) atoms. The molecule has 0 bridgehead atoms. The minimum Gasteiger partial charge on any atom is -0.326 e. The minimum absolute atomic E-state index is 0.143. The van der Waals surface area contributed by atoms with Crippen LogP contribution in [0.2, 0.25) is 0 Å². The van der Waals surface area contributed by atoms with Crippen molar-refractivity contribution in [3.8, 4) is 0 Å². The summed E-state index contributed by atoms with van der Waals surface area (Å²) in [5.41, 5.74) is 1.60. The summed E-state index contributed by atoms with van der Waals surface area (Å²) in [5, 5.41) is 14.3. The summed E-state index contributed by atoms with van der Waals surface area (Å²) in [4.78, 5) is 12.6. The molecule has 1 fully saturated rings. The van der Waals surface area contributed by atoms with Crippen molar-refractivity contribution in [2.45, 2.75) is 26.2 Å². The normalized spacial score (nSPS) is 18.1. The van der Waals surface area contributed by atoms with Gasteiger partial charge in [0.1, 0.15) is 0 Å². The van der Waals surface area contributed by atoms with Crippen molar-refractivity contribution < 1.29 is 4.79 Å². The van der Waals surface area contributed by atoms with Crippen molar-refractivity contribution >= 4 is 22.5 Å². The second-order valence-corrected chi connectivity index (χ2v) is 5.51. The Balaban J connectivity index is 1.80. The number of nitrogens with one attached hydrogen (secondary N) is 3. The van der Waals surface area contributed by atoms with Crippen LogP contribution in [0.25, 0.3) is 10.9 Å². The van der Waals surface area contributed by atoms with Crippen LogP contribution in [-0.4, -0.2) is 29.2 Å². The van der Waals surface area contributed by atoms with Gasteiger partial charge in [-0.25, -0.2) is 0 Å². The van der Waals surface area contributed by atoms with Gasteiger partial charge in [-0.3, -0.25) is 9.89 Å². The molecule has 106 valence electrons. The number of aromatic nitrogens is 2. The summed E-state index contributed by atoms with van der Waals surface area (Å²) < 4.78 is 0. The van der Waals surface area contributed by atoms with Crippen LogP contribution < -0.4 is 10.6 Å². The molecule has 5 heteroatoms. The Morgan fingerprint density at radius 1 is 1.40 bits per heavy atom. The molecule has 1 aliphatic heterocycles. The van der Waals surface area contributed by atoms with Gasteiger partial charge in [-0.15, -0.1) is 0 Å².